The number of carboxylic acid groups (broad SMARTS) is 1. The number of carbonyl (C=O) groups is 9. The Morgan fingerprint density at radius 3 is 2.02 bits per heavy atom. The average molecular weight is 879 g/mol. The van der Waals surface area contributed by atoms with E-state index in [0.29, 0.717) is 65.4 Å². The van der Waals surface area contributed by atoms with Gasteiger partial charge in [0, 0.05) is 50.9 Å². The maximum atomic E-state index is 13.1. The molecule has 7 N–H and O–H groups in total. The van der Waals surface area contributed by atoms with Gasteiger partial charge in [-0.05, 0) is 40.2 Å². The Kier molecular flexibility index (Phi) is 27.3. The van der Waals surface area contributed by atoms with E-state index in [4.69, 9.17) is 29.4 Å². The van der Waals surface area contributed by atoms with Crippen LogP contribution in [0, 0.1) is 0 Å². The quantitative estimate of drug-likeness (QED) is 0.0252. The van der Waals surface area contributed by atoms with Gasteiger partial charge >= 0.3 is 18.0 Å². The van der Waals surface area contributed by atoms with Crippen LogP contribution in [0.15, 0.2) is 0 Å². The molecule has 0 bridgehead atoms. The molecule has 60 heavy (non-hydrogen) atoms. The number of imide groups is 1. The fourth-order valence-electron chi connectivity index (χ4n) is 4.95. The number of carboxylic acids is 1. The number of rotatable bonds is 33. The lowest BCUT2D eigenvalue weighted by molar-refractivity contribution is -0.141. The van der Waals surface area contributed by atoms with Crippen molar-refractivity contribution in [2.75, 3.05) is 91.9 Å². The van der Waals surface area contributed by atoms with Crippen molar-refractivity contribution in [1.82, 2.24) is 26.2 Å². The SMILES string of the molecule is COC(=O)CNC(=O)[C@H](CSC1CC(=O)N(CCC(=O)NCCOCCOCCOCCOCCC(=O)CCCN)C1=O)NC(=O)CC[C@H](NC(=O)OC(C)(C)C)C(=O)O. The van der Waals surface area contributed by atoms with Gasteiger partial charge in [0.2, 0.25) is 29.5 Å². The van der Waals surface area contributed by atoms with Crippen LogP contribution in [0.2, 0.25) is 0 Å². The molecule has 3 atom stereocenters. The second-order valence-corrected chi connectivity index (χ2v) is 15.4. The third-order valence-corrected chi connectivity index (χ3v) is 9.33. The van der Waals surface area contributed by atoms with E-state index in [2.05, 4.69) is 26.0 Å². The lowest BCUT2D eigenvalue weighted by Gasteiger charge is -2.22. The molecule has 0 aromatic rings. The average Bonchev–Trinajstić information content (AvgIpc) is 3.46. The number of hydrogen-bond acceptors (Lipinski definition) is 17. The summed E-state index contributed by atoms with van der Waals surface area (Å²) in [5.74, 6) is -5.39. The fraction of sp³-hybridized carbons (Fsp3) is 0.757. The second kappa shape index (κ2) is 30.6. The van der Waals surface area contributed by atoms with E-state index in [1.807, 2.05) is 0 Å². The number of amides is 6. The van der Waals surface area contributed by atoms with Gasteiger partial charge in [0.05, 0.1) is 65.2 Å². The molecule has 1 fully saturated rings. The maximum absolute atomic E-state index is 13.1. The van der Waals surface area contributed by atoms with Crippen molar-refractivity contribution in [3.8, 4) is 0 Å². The Morgan fingerprint density at radius 2 is 1.43 bits per heavy atom. The number of hydrogen-bond donors (Lipinski definition) is 6. The Labute approximate surface area is 353 Å². The number of methoxy groups -OCH3 is 1. The summed E-state index contributed by atoms with van der Waals surface area (Å²) in [6, 6.07) is -2.81. The fourth-order valence-corrected chi connectivity index (χ4v) is 6.14. The topological polar surface area (TPSA) is 307 Å². The predicted octanol–water partition coefficient (Wildman–Crippen LogP) is -1.35. The Hall–Kier alpha value is -4.42. The van der Waals surface area contributed by atoms with Crippen LogP contribution in [0.5, 0.6) is 0 Å². The minimum absolute atomic E-state index is 0.128. The van der Waals surface area contributed by atoms with E-state index in [1.54, 1.807) is 20.8 Å². The molecule has 0 aromatic heterocycles. The van der Waals surface area contributed by atoms with Gasteiger partial charge in [-0.15, -0.1) is 11.8 Å². The molecule has 0 spiro atoms. The number of likely N-dealkylation sites (tertiary alicyclic amines) is 1. The first-order valence-corrected chi connectivity index (χ1v) is 20.6. The van der Waals surface area contributed by atoms with Crippen molar-refractivity contribution < 1.29 is 76.7 Å². The predicted molar refractivity (Wildman–Crippen MR) is 213 cm³/mol. The van der Waals surface area contributed by atoms with E-state index in [9.17, 15) is 48.3 Å². The van der Waals surface area contributed by atoms with Crippen LogP contribution in [0.25, 0.3) is 0 Å². The second-order valence-electron chi connectivity index (χ2n) is 14.1. The lowest BCUT2D eigenvalue weighted by Crippen LogP contribution is -2.50. The largest absolute Gasteiger partial charge is 0.480 e. The highest BCUT2D eigenvalue weighted by molar-refractivity contribution is 8.00. The monoisotopic (exact) mass is 878 g/mol. The molecule has 1 unspecified atom stereocenters. The standard InChI is InChI=1S/C37H62N6O16S/c1-37(2,3)59-36(53)42-26(35(51)52)7-8-30(46)41-27(33(49)40-23-32(48)54-4)24-60-28-22-31(47)43(34(28)50)13-9-29(45)39-12-15-56-17-19-58-21-20-57-18-16-55-14-10-25(44)6-5-11-38/h26-28H,5-24,38H2,1-4H3,(H,39,45)(H,40,49)(H,41,46)(H,42,53)(H,51,52)/t26-,27-,28?/m0/s1. The Morgan fingerprint density at radius 1 is 0.817 bits per heavy atom. The normalized spacial score (nSPS) is 14.9. The molecule has 23 heteroatoms. The number of nitrogens with one attached hydrogen (secondary N) is 4. The first kappa shape index (κ1) is 53.6. The number of ether oxygens (including phenoxy) is 6. The Bertz CT molecular complexity index is 1410. The summed E-state index contributed by atoms with van der Waals surface area (Å²) in [5, 5.41) is 18.2. The van der Waals surface area contributed by atoms with Crippen LogP contribution in [0.3, 0.4) is 0 Å². The highest BCUT2D eigenvalue weighted by atomic mass is 32.2. The zero-order valence-electron chi connectivity index (χ0n) is 34.9. The number of esters is 1. The van der Waals surface area contributed by atoms with Crippen molar-refractivity contribution in [3.63, 3.8) is 0 Å². The molecule has 0 radical (unpaired) electrons. The first-order chi connectivity index (χ1) is 28.5. The van der Waals surface area contributed by atoms with Gasteiger partial charge < -0.3 is 60.5 Å². The molecular formula is C37H62N6O16S. The number of aliphatic carboxylic acids is 1. The number of nitrogens with zero attached hydrogens (tertiary/aromatic N) is 1. The highest BCUT2D eigenvalue weighted by Gasteiger charge is 2.39. The van der Waals surface area contributed by atoms with Crippen LogP contribution in [-0.4, -0.2) is 178 Å². The zero-order chi connectivity index (χ0) is 44.9. The Balaban J connectivity index is 2.42. The third-order valence-electron chi connectivity index (χ3n) is 8.03. The van der Waals surface area contributed by atoms with Gasteiger partial charge in [0.15, 0.2) is 0 Å². The lowest BCUT2D eigenvalue weighted by atomic mass is 10.1. The van der Waals surface area contributed by atoms with Crippen molar-refractivity contribution in [3.05, 3.63) is 0 Å². The van der Waals surface area contributed by atoms with E-state index in [0.717, 1.165) is 23.8 Å². The van der Waals surface area contributed by atoms with Gasteiger partial charge in [-0.25, -0.2) is 9.59 Å². The molecule has 6 amide bonds. The van der Waals surface area contributed by atoms with Crippen molar-refractivity contribution in [1.29, 1.82) is 0 Å². The molecule has 0 saturated carbocycles. The number of carbonyl (C=O) groups excluding carboxylic acids is 8. The zero-order valence-corrected chi connectivity index (χ0v) is 35.7. The maximum Gasteiger partial charge on any atom is 0.408 e. The third kappa shape index (κ3) is 25.3. The molecule has 22 nitrogen and oxygen atoms in total. The van der Waals surface area contributed by atoms with Gasteiger partial charge in [-0.2, -0.15) is 0 Å². The van der Waals surface area contributed by atoms with E-state index < -0.39 is 83.5 Å². The minimum Gasteiger partial charge on any atom is -0.480 e. The number of ketones is 1. The number of thioether (sulfide) groups is 1. The van der Waals surface area contributed by atoms with E-state index in [-0.39, 0.29) is 57.1 Å². The van der Waals surface area contributed by atoms with Crippen LogP contribution >= 0.6 is 11.8 Å². The molecule has 0 aliphatic carbocycles. The summed E-state index contributed by atoms with van der Waals surface area (Å²) in [6.07, 6.45) is -0.670. The number of alkyl carbamates (subject to hydrolysis) is 1. The summed E-state index contributed by atoms with van der Waals surface area (Å²) in [6.45, 7) is 7.34. The highest BCUT2D eigenvalue weighted by Crippen LogP contribution is 2.26. The number of nitrogens with two attached hydrogens (primary N) is 1. The number of Topliss-reactive ketones (excluding diaryl/α,β-unsaturated/α-hetero) is 1. The summed E-state index contributed by atoms with van der Waals surface area (Å²) < 4.78 is 31.2. The molecule has 1 aliphatic rings. The molecule has 0 aromatic carbocycles. The van der Waals surface area contributed by atoms with Crippen molar-refractivity contribution in [2.24, 2.45) is 5.73 Å². The van der Waals surface area contributed by atoms with Crippen molar-refractivity contribution >= 4 is 65.1 Å². The first-order valence-electron chi connectivity index (χ1n) is 19.6. The molecule has 1 heterocycles. The van der Waals surface area contributed by atoms with Gasteiger partial charge in [0.25, 0.3) is 0 Å². The van der Waals surface area contributed by atoms with Crippen LogP contribution in [0.1, 0.15) is 65.7 Å². The van der Waals surface area contributed by atoms with Crippen molar-refractivity contribution in [2.45, 2.75) is 88.7 Å². The summed E-state index contributed by atoms with van der Waals surface area (Å²) in [7, 11) is 1.11. The summed E-state index contributed by atoms with van der Waals surface area (Å²) in [5.41, 5.74) is 4.48. The molecule has 342 valence electrons. The van der Waals surface area contributed by atoms with Crippen LogP contribution in [-0.2, 0) is 66.8 Å². The van der Waals surface area contributed by atoms with E-state index in [1.165, 1.54) is 0 Å². The summed E-state index contributed by atoms with van der Waals surface area (Å²) in [4.78, 5) is 112. The molecule has 1 rings (SSSR count). The summed E-state index contributed by atoms with van der Waals surface area (Å²) >= 11 is 0.907. The van der Waals surface area contributed by atoms with Gasteiger partial charge in [0.1, 0.15) is 30.0 Å². The van der Waals surface area contributed by atoms with Gasteiger partial charge in [-0.1, -0.05) is 0 Å². The minimum atomic E-state index is -1.49. The molecule has 1 aliphatic heterocycles. The van der Waals surface area contributed by atoms with Crippen LogP contribution in [0.4, 0.5) is 4.79 Å². The van der Waals surface area contributed by atoms with E-state index >= 15 is 0 Å². The van der Waals surface area contributed by atoms with Crippen LogP contribution < -0.4 is 27.0 Å². The molecule has 1 saturated heterocycles. The van der Waals surface area contributed by atoms with Gasteiger partial charge in [-0.3, -0.25) is 38.5 Å². The smallest absolute Gasteiger partial charge is 0.408 e. The molecular weight excluding hydrogens is 816 g/mol.